The van der Waals surface area contributed by atoms with E-state index in [1.807, 2.05) is 36.4 Å². The van der Waals surface area contributed by atoms with Crippen LogP contribution in [0.4, 0.5) is 0 Å². The normalized spacial score (nSPS) is 24.7. The van der Waals surface area contributed by atoms with Gasteiger partial charge in [-0.05, 0) is 58.4 Å². The van der Waals surface area contributed by atoms with Gasteiger partial charge in [-0.1, -0.05) is 60.7 Å². The molecular weight excluding hydrogens is 344 g/mol. The van der Waals surface area contributed by atoms with Crippen molar-refractivity contribution in [2.45, 2.75) is 50.7 Å². The number of hydrogen-bond donors (Lipinski definition) is 2. The van der Waals surface area contributed by atoms with E-state index in [1.165, 1.54) is 22.3 Å². The number of aliphatic hydroxyl groups is 2. The summed E-state index contributed by atoms with van der Waals surface area (Å²) < 4.78 is 0. The molecule has 3 aromatic rings. The predicted molar refractivity (Wildman–Crippen MR) is 111 cm³/mol. The summed E-state index contributed by atoms with van der Waals surface area (Å²) >= 11 is 0. The third-order valence-corrected chi connectivity index (χ3v) is 6.81. The third-order valence-electron chi connectivity index (χ3n) is 6.81. The Labute approximate surface area is 166 Å². The highest BCUT2D eigenvalue weighted by Gasteiger charge is 2.51. The van der Waals surface area contributed by atoms with Crippen molar-refractivity contribution in [2.75, 3.05) is 0 Å². The molecule has 3 aromatic carbocycles. The van der Waals surface area contributed by atoms with E-state index in [0.29, 0.717) is 25.7 Å². The molecule has 0 bridgehead atoms. The highest BCUT2D eigenvalue weighted by Crippen LogP contribution is 2.54. The lowest BCUT2D eigenvalue weighted by molar-refractivity contribution is -0.000530. The topological polar surface area (TPSA) is 40.5 Å². The summed E-state index contributed by atoms with van der Waals surface area (Å²) in [5.41, 5.74) is 7.80. The highest BCUT2D eigenvalue weighted by molar-refractivity contribution is 5.64. The van der Waals surface area contributed by atoms with Crippen LogP contribution in [0.1, 0.15) is 44.5 Å². The maximum atomic E-state index is 11.4. The van der Waals surface area contributed by atoms with Gasteiger partial charge in [-0.2, -0.15) is 0 Å². The van der Waals surface area contributed by atoms with Crippen LogP contribution in [-0.4, -0.2) is 10.2 Å². The second kappa shape index (κ2) is 6.04. The van der Waals surface area contributed by atoms with Crippen molar-refractivity contribution in [3.63, 3.8) is 0 Å². The van der Waals surface area contributed by atoms with Gasteiger partial charge in [-0.25, -0.2) is 0 Å². The first-order valence-electron chi connectivity index (χ1n) is 10.1. The number of fused-ring (bicyclic) bond motifs is 2. The Kier molecular flexibility index (Phi) is 3.81. The van der Waals surface area contributed by atoms with Crippen molar-refractivity contribution in [3.8, 4) is 0 Å². The van der Waals surface area contributed by atoms with E-state index in [9.17, 15) is 10.2 Å². The Morgan fingerprint density at radius 3 is 1.36 bits per heavy atom. The zero-order valence-electron chi connectivity index (χ0n) is 16.5. The minimum absolute atomic E-state index is 0.647. The molecule has 0 unspecified atom stereocenters. The van der Waals surface area contributed by atoms with Gasteiger partial charge in [0.05, 0.1) is 11.2 Å². The summed E-state index contributed by atoms with van der Waals surface area (Å²) in [5.74, 6) is 0. The molecule has 0 aliphatic heterocycles. The first-order chi connectivity index (χ1) is 13.4. The molecule has 0 spiro atoms. The van der Waals surface area contributed by atoms with Crippen LogP contribution in [0.5, 0.6) is 0 Å². The molecule has 2 heteroatoms. The second-order valence-corrected chi connectivity index (χ2v) is 8.70. The van der Waals surface area contributed by atoms with Crippen molar-refractivity contribution in [1.29, 1.82) is 0 Å². The lowest BCUT2D eigenvalue weighted by Crippen LogP contribution is -2.48. The summed E-state index contributed by atoms with van der Waals surface area (Å²) in [6.07, 6.45) is 2.62. The van der Waals surface area contributed by atoms with Gasteiger partial charge in [-0.3, -0.25) is 0 Å². The Morgan fingerprint density at radius 1 is 0.643 bits per heavy atom. The average Bonchev–Trinajstić information content (AvgIpc) is 2.65. The van der Waals surface area contributed by atoms with Gasteiger partial charge in [0.1, 0.15) is 0 Å². The van der Waals surface area contributed by atoms with Gasteiger partial charge < -0.3 is 10.2 Å². The molecule has 2 N–H and O–H groups in total. The van der Waals surface area contributed by atoms with Gasteiger partial charge >= 0.3 is 0 Å². The van der Waals surface area contributed by atoms with Crippen LogP contribution in [0.3, 0.4) is 0 Å². The van der Waals surface area contributed by atoms with E-state index in [0.717, 1.165) is 22.3 Å². The Bertz CT molecular complexity index is 951. The molecule has 142 valence electrons. The van der Waals surface area contributed by atoms with Crippen LogP contribution in [0.25, 0.3) is 0 Å². The Balaban J connectivity index is 1.51. The molecule has 2 atom stereocenters. The molecule has 2 nitrogen and oxygen atoms in total. The van der Waals surface area contributed by atoms with Crippen LogP contribution >= 0.6 is 0 Å². The lowest BCUT2D eigenvalue weighted by Gasteiger charge is -2.50. The molecule has 0 fully saturated rings. The van der Waals surface area contributed by atoms with E-state index in [2.05, 4.69) is 38.1 Å². The first-order valence-corrected chi connectivity index (χ1v) is 10.1. The standard InChI is InChI=1S/C26H26O2/c1-17-21-15-26(28,14-20-11-7-4-8-12-20)24(21)18(2)22-16-25(27,23(17)22)13-19-9-5-3-6-10-19/h3-12,27-28H,13-16H2,1-2H3/t25-,26+. The third kappa shape index (κ3) is 2.48. The van der Waals surface area contributed by atoms with Crippen molar-refractivity contribution in [1.82, 2.24) is 0 Å². The van der Waals surface area contributed by atoms with Crippen molar-refractivity contribution in [2.24, 2.45) is 0 Å². The summed E-state index contributed by atoms with van der Waals surface area (Å²) in [6, 6.07) is 20.4. The van der Waals surface area contributed by atoms with E-state index in [4.69, 9.17) is 0 Å². The van der Waals surface area contributed by atoms with Crippen molar-refractivity contribution < 1.29 is 10.2 Å². The highest BCUT2D eigenvalue weighted by atomic mass is 16.3. The number of rotatable bonds is 4. The maximum Gasteiger partial charge on any atom is 0.0982 e. The van der Waals surface area contributed by atoms with Crippen LogP contribution in [-0.2, 0) is 36.9 Å². The van der Waals surface area contributed by atoms with E-state index < -0.39 is 11.2 Å². The minimum atomic E-state index is -0.784. The average molecular weight is 370 g/mol. The van der Waals surface area contributed by atoms with Gasteiger partial charge in [0.15, 0.2) is 0 Å². The molecule has 0 saturated heterocycles. The van der Waals surface area contributed by atoms with E-state index in [-0.39, 0.29) is 0 Å². The molecule has 0 aromatic heterocycles. The lowest BCUT2D eigenvalue weighted by atomic mass is 9.58. The summed E-state index contributed by atoms with van der Waals surface area (Å²) in [5, 5.41) is 22.7. The molecule has 0 saturated carbocycles. The molecule has 28 heavy (non-hydrogen) atoms. The fourth-order valence-electron chi connectivity index (χ4n) is 5.55. The Morgan fingerprint density at radius 2 is 1.00 bits per heavy atom. The van der Waals surface area contributed by atoms with E-state index in [1.54, 1.807) is 0 Å². The monoisotopic (exact) mass is 370 g/mol. The van der Waals surface area contributed by atoms with Gasteiger partial charge in [-0.15, -0.1) is 0 Å². The minimum Gasteiger partial charge on any atom is -0.384 e. The van der Waals surface area contributed by atoms with Gasteiger partial charge in [0.25, 0.3) is 0 Å². The summed E-state index contributed by atoms with van der Waals surface area (Å²) in [6.45, 7) is 4.24. The largest absolute Gasteiger partial charge is 0.384 e. The molecule has 2 aliphatic carbocycles. The zero-order chi connectivity index (χ0) is 19.5. The predicted octanol–water partition coefficient (Wildman–Crippen LogP) is 4.28. The van der Waals surface area contributed by atoms with Crippen molar-refractivity contribution in [3.05, 3.63) is 105 Å². The molecule has 0 heterocycles. The number of hydrogen-bond acceptors (Lipinski definition) is 2. The molecule has 0 radical (unpaired) electrons. The van der Waals surface area contributed by atoms with Crippen LogP contribution < -0.4 is 0 Å². The van der Waals surface area contributed by atoms with Crippen molar-refractivity contribution >= 4 is 0 Å². The molecule has 2 aliphatic rings. The SMILES string of the molecule is Cc1c2c(c(C)c3c1[C@@](O)(Cc1ccccc1)C3)[C@](O)(Cc1ccccc1)C2. The Hall–Kier alpha value is -2.42. The zero-order valence-corrected chi connectivity index (χ0v) is 16.5. The van der Waals surface area contributed by atoms with E-state index >= 15 is 0 Å². The smallest absolute Gasteiger partial charge is 0.0982 e. The van der Waals surface area contributed by atoms with Crippen LogP contribution in [0.2, 0.25) is 0 Å². The number of benzene rings is 3. The summed E-state index contributed by atoms with van der Waals surface area (Å²) in [4.78, 5) is 0. The second-order valence-electron chi connectivity index (χ2n) is 8.70. The fraction of sp³-hybridized carbons (Fsp3) is 0.308. The summed E-state index contributed by atoms with van der Waals surface area (Å²) in [7, 11) is 0. The molecule has 0 amide bonds. The van der Waals surface area contributed by atoms with Gasteiger partial charge in [0, 0.05) is 25.7 Å². The van der Waals surface area contributed by atoms with Crippen LogP contribution in [0, 0.1) is 13.8 Å². The molecule has 5 rings (SSSR count). The van der Waals surface area contributed by atoms with Crippen LogP contribution in [0.15, 0.2) is 60.7 Å². The quantitative estimate of drug-likeness (QED) is 0.720. The molecular formula is C26H26O2. The maximum absolute atomic E-state index is 11.4. The first kappa shape index (κ1) is 17.7. The van der Waals surface area contributed by atoms with Gasteiger partial charge in [0.2, 0.25) is 0 Å². The fourth-order valence-corrected chi connectivity index (χ4v) is 5.55.